The average Bonchev–Trinajstić information content (AvgIpc) is 2.62. The van der Waals surface area contributed by atoms with Crippen molar-refractivity contribution in [2.45, 2.75) is 45.6 Å². The lowest BCUT2D eigenvalue weighted by Gasteiger charge is -2.35. The summed E-state index contributed by atoms with van der Waals surface area (Å²) in [4.78, 5) is 26.0. The third-order valence-electron chi connectivity index (χ3n) is 5.29. The summed E-state index contributed by atoms with van der Waals surface area (Å²) in [6.07, 6.45) is 8.08. The topological polar surface area (TPSA) is 61.4 Å². The Kier molecular flexibility index (Phi) is 6.24. The van der Waals surface area contributed by atoms with Gasteiger partial charge in [0.15, 0.2) is 0 Å². The molecule has 25 heavy (non-hydrogen) atoms. The molecule has 0 spiro atoms. The van der Waals surface area contributed by atoms with E-state index in [1.807, 2.05) is 6.07 Å². The third-order valence-corrected chi connectivity index (χ3v) is 5.29. The summed E-state index contributed by atoms with van der Waals surface area (Å²) in [5, 5.41) is 3.24. The zero-order valence-electron chi connectivity index (χ0n) is 15.5. The number of hydrogen-bond donors (Lipinski definition) is 1. The summed E-state index contributed by atoms with van der Waals surface area (Å²) >= 11 is 0. The lowest BCUT2D eigenvalue weighted by molar-refractivity contribution is -0.126. The van der Waals surface area contributed by atoms with Crippen LogP contribution >= 0.6 is 0 Å². The summed E-state index contributed by atoms with van der Waals surface area (Å²) in [5.41, 5.74) is 0. The maximum Gasteiger partial charge on any atom is 0.225 e. The molecule has 0 saturated carbocycles. The van der Waals surface area contributed by atoms with Crippen molar-refractivity contribution in [2.24, 2.45) is 11.8 Å². The molecule has 0 unspecified atom stereocenters. The molecule has 0 aromatic carbocycles. The van der Waals surface area contributed by atoms with E-state index in [1.165, 1.54) is 12.8 Å². The van der Waals surface area contributed by atoms with Crippen molar-refractivity contribution in [2.75, 3.05) is 37.6 Å². The number of carbonyl (C=O) groups excluding carboxylic acids is 1. The van der Waals surface area contributed by atoms with Crippen LogP contribution in [-0.2, 0) is 4.79 Å². The number of aromatic nitrogens is 2. The van der Waals surface area contributed by atoms with Crippen LogP contribution in [0.2, 0.25) is 0 Å². The second-order valence-electron chi connectivity index (χ2n) is 7.75. The highest BCUT2D eigenvalue weighted by Crippen LogP contribution is 2.20. The zero-order valence-corrected chi connectivity index (χ0v) is 15.5. The Balaban J connectivity index is 1.48. The maximum atomic E-state index is 12.7. The van der Waals surface area contributed by atoms with Gasteiger partial charge in [-0.15, -0.1) is 0 Å². The third kappa shape index (κ3) is 5.14. The standard InChI is InChI=1S/C19H31N5O/c1-15-6-3-10-23(12-15)13-16(2)22-18(25)17-7-4-11-24(14-17)19-20-8-5-9-21-19/h5,8-9,15-17H,3-4,6-7,10-14H2,1-2H3,(H,22,25)/t15-,16-,17-/m1/s1. The van der Waals surface area contributed by atoms with Crippen LogP contribution in [0.3, 0.4) is 0 Å². The van der Waals surface area contributed by atoms with Gasteiger partial charge in [-0.3, -0.25) is 4.79 Å². The number of piperidine rings is 2. The van der Waals surface area contributed by atoms with Crippen molar-refractivity contribution >= 4 is 11.9 Å². The first-order valence-corrected chi connectivity index (χ1v) is 9.66. The number of nitrogens with one attached hydrogen (secondary N) is 1. The number of rotatable bonds is 5. The van der Waals surface area contributed by atoms with Gasteiger partial charge in [0.05, 0.1) is 5.92 Å². The minimum absolute atomic E-state index is 0.0280. The summed E-state index contributed by atoms with van der Waals surface area (Å²) in [6.45, 7) is 9.35. The van der Waals surface area contributed by atoms with E-state index in [1.54, 1.807) is 12.4 Å². The molecule has 1 N–H and O–H groups in total. The Morgan fingerprint density at radius 3 is 2.76 bits per heavy atom. The first-order chi connectivity index (χ1) is 12.1. The maximum absolute atomic E-state index is 12.7. The number of carbonyl (C=O) groups is 1. The smallest absolute Gasteiger partial charge is 0.225 e. The highest BCUT2D eigenvalue weighted by molar-refractivity contribution is 5.79. The molecule has 3 heterocycles. The van der Waals surface area contributed by atoms with E-state index in [0.717, 1.165) is 50.9 Å². The van der Waals surface area contributed by atoms with Crippen LogP contribution in [0.1, 0.15) is 39.5 Å². The minimum Gasteiger partial charge on any atom is -0.352 e. The van der Waals surface area contributed by atoms with E-state index in [4.69, 9.17) is 0 Å². The Morgan fingerprint density at radius 1 is 1.24 bits per heavy atom. The van der Waals surface area contributed by atoms with E-state index < -0.39 is 0 Å². The highest BCUT2D eigenvalue weighted by Gasteiger charge is 2.28. The summed E-state index contributed by atoms with van der Waals surface area (Å²) in [7, 11) is 0. The predicted octanol–water partition coefficient (Wildman–Crippen LogP) is 1.93. The van der Waals surface area contributed by atoms with Gasteiger partial charge in [-0.25, -0.2) is 9.97 Å². The average molecular weight is 345 g/mol. The van der Waals surface area contributed by atoms with Crippen molar-refractivity contribution in [3.8, 4) is 0 Å². The molecule has 0 aliphatic carbocycles. The van der Waals surface area contributed by atoms with E-state index in [2.05, 4.69) is 38.9 Å². The van der Waals surface area contributed by atoms with Gasteiger partial charge in [0.1, 0.15) is 0 Å². The molecule has 1 amide bonds. The molecule has 2 fully saturated rings. The van der Waals surface area contributed by atoms with Gasteiger partial charge in [0.25, 0.3) is 0 Å². The molecule has 6 nitrogen and oxygen atoms in total. The highest BCUT2D eigenvalue weighted by atomic mass is 16.2. The van der Waals surface area contributed by atoms with Crippen molar-refractivity contribution in [1.29, 1.82) is 0 Å². The van der Waals surface area contributed by atoms with E-state index in [0.29, 0.717) is 6.54 Å². The Bertz CT molecular complexity index is 552. The van der Waals surface area contributed by atoms with Crippen LogP contribution in [0.5, 0.6) is 0 Å². The fourth-order valence-corrected chi connectivity index (χ4v) is 4.07. The van der Waals surface area contributed by atoms with E-state index in [-0.39, 0.29) is 17.9 Å². The first kappa shape index (κ1) is 18.1. The molecule has 138 valence electrons. The molecule has 2 aliphatic heterocycles. The van der Waals surface area contributed by atoms with Gasteiger partial charge in [-0.05, 0) is 51.1 Å². The monoisotopic (exact) mass is 345 g/mol. The fraction of sp³-hybridized carbons (Fsp3) is 0.737. The van der Waals surface area contributed by atoms with Crippen molar-refractivity contribution in [1.82, 2.24) is 20.2 Å². The number of anilines is 1. The SMILES string of the molecule is C[C@@H]1CCCN(C[C@@H](C)NC(=O)[C@@H]2CCCN(c3ncccn3)C2)C1. The van der Waals surface area contributed by atoms with Crippen molar-refractivity contribution < 1.29 is 4.79 Å². The number of nitrogens with zero attached hydrogens (tertiary/aromatic N) is 4. The van der Waals surface area contributed by atoms with Crippen molar-refractivity contribution in [3.05, 3.63) is 18.5 Å². The molecule has 1 aromatic rings. The second kappa shape index (κ2) is 8.61. The van der Waals surface area contributed by atoms with Gasteiger partial charge in [0, 0.05) is 44.6 Å². The van der Waals surface area contributed by atoms with E-state index in [9.17, 15) is 4.79 Å². The number of likely N-dealkylation sites (tertiary alicyclic amines) is 1. The summed E-state index contributed by atoms with van der Waals surface area (Å²) in [5.74, 6) is 1.71. The van der Waals surface area contributed by atoms with Gasteiger partial charge in [-0.2, -0.15) is 0 Å². The van der Waals surface area contributed by atoms with E-state index >= 15 is 0 Å². The van der Waals surface area contributed by atoms with Crippen LogP contribution in [0.15, 0.2) is 18.5 Å². The molecule has 2 saturated heterocycles. The van der Waals surface area contributed by atoms with Crippen LogP contribution in [0.25, 0.3) is 0 Å². The lowest BCUT2D eigenvalue weighted by atomic mass is 9.97. The summed E-state index contributed by atoms with van der Waals surface area (Å²) in [6, 6.07) is 2.02. The predicted molar refractivity (Wildman–Crippen MR) is 99.4 cm³/mol. The minimum atomic E-state index is 0.0280. The van der Waals surface area contributed by atoms with Gasteiger partial charge < -0.3 is 15.1 Å². The Hall–Kier alpha value is -1.69. The molecule has 3 rings (SSSR count). The van der Waals surface area contributed by atoms with Gasteiger partial charge in [0.2, 0.25) is 11.9 Å². The molecule has 3 atom stereocenters. The second-order valence-corrected chi connectivity index (χ2v) is 7.75. The largest absolute Gasteiger partial charge is 0.352 e. The van der Waals surface area contributed by atoms with Gasteiger partial charge in [-0.1, -0.05) is 6.92 Å². The molecule has 0 bridgehead atoms. The normalized spacial score (nSPS) is 26.2. The van der Waals surface area contributed by atoms with Crippen LogP contribution in [-0.4, -0.2) is 59.5 Å². The molecular weight excluding hydrogens is 314 g/mol. The molecular formula is C19H31N5O. The van der Waals surface area contributed by atoms with Crippen LogP contribution in [0, 0.1) is 11.8 Å². The number of amides is 1. The zero-order chi connectivity index (χ0) is 17.6. The van der Waals surface area contributed by atoms with Crippen molar-refractivity contribution in [3.63, 3.8) is 0 Å². The van der Waals surface area contributed by atoms with Gasteiger partial charge >= 0.3 is 0 Å². The molecule has 1 aromatic heterocycles. The van der Waals surface area contributed by atoms with Crippen LogP contribution < -0.4 is 10.2 Å². The molecule has 2 aliphatic rings. The van der Waals surface area contributed by atoms with Crippen LogP contribution in [0.4, 0.5) is 5.95 Å². The lowest BCUT2D eigenvalue weighted by Crippen LogP contribution is -2.49. The first-order valence-electron chi connectivity index (χ1n) is 9.66. The fourth-order valence-electron chi connectivity index (χ4n) is 4.07. The Labute approximate surface area is 151 Å². The molecule has 0 radical (unpaired) electrons. The Morgan fingerprint density at radius 2 is 2.00 bits per heavy atom. The quantitative estimate of drug-likeness (QED) is 0.883. The summed E-state index contributed by atoms with van der Waals surface area (Å²) < 4.78 is 0. The number of hydrogen-bond acceptors (Lipinski definition) is 5. The molecule has 6 heteroatoms.